The van der Waals surface area contributed by atoms with Crippen molar-refractivity contribution in [3.63, 3.8) is 0 Å². The first-order chi connectivity index (χ1) is 19.4. The zero-order valence-corrected chi connectivity index (χ0v) is 24.4. The van der Waals surface area contributed by atoms with Crippen LogP contribution in [0.3, 0.4) is 0 Å². The fourth-order valence-corrected chi connectivity index (χ4v) is 6.88. The van der Waals surface area contributed by atoms with Crippen molar-refractivity contribution in [2.75, 3.05) is 17.7 Å². The summed E-state index contributed by atoms with van der Waals surface area (Å²) in [7, 11) is 1.30. The maximum Gasteiger partial charge on any atom is 0.337 e. The SMILES string of the molecule is COC(=O)c1ccc(NC(=O)[C@@H]2C[C@@H](CC(C)(C)C)[C@@]3(C(=O)Nc4cc(C)cnc43)[C@H]2c2cccc(Cl)c2F)cc1. The van der Waals surface area contributed by atoms with Gasteiger partial charge in [0.05, 0.1) is 29.1 Å². The molecule has 1 saturated carbocycles. The Morgan fingerprint density at radius 3 is 2.56 bits per heavy atom. The van der Waals surface area contributed by atoms with Gasteiger partial charge in [-0.1, -0.05) is 44.5 Å². The molecule has 214 valence electrons. The number of rotatable bonds is 5. The molecule has 0 bridgehead atoms. The van der Waals surface area contributed by atoms with E-state index in [1.807, 2.05) is 13.0 Å². The molecule has 1 aliphatic carbocycles. The number of hydrogen-bond donors (Lipinski definition) is 2. The van der Waals surface area contributed by atoms with E-state index >= 15 is 4.39 Å². The van der Waals surface area contributed by atoms with Crippen molar-refractivity contribution < 1.29 is 23.5 Å². The van der Waals surface area contributed by atoms with E-state index in [0.29, 0.717) is 35.5 Å². The Labute approximate surface area is 243 Å². The Morgan fingerprint density at radius 1 is 1.20 bits per heavy atom. The van der Waals surface area contributed by atoms with Crippen LogP contribution in [0, 0.1) is 30.0 Å². The molecule has 5 rings (SSSR count). The van der Waals surface area contributed by atoms with Gasteiger partial charge in [0, 0.05) is 23.7 Å². The molecule has 41 heavy (non-hydrogen) atoms. The number of esters is 1. The first-order valence-electron chi connectivity index (χ1n) is 13.6. The minimum atomic E-state index is -1.29. The molecule has 0 unspecified atom stereocenters. The lowest BCUT2D eigenvalue weighted by atomic mass is 9.63. The molecule has 0 radical (unpaired) electrons. The molecule has 1 fully saturated rings. The average Bonchev–Trinajstić information content (AvgIpc) is 3.39. The van der Waals surface area contributed by atoms with Gasteiger partial charge in [0.25, 0.3) is 0 Å². The van der Waals surface area contributed by atoms with Gasteiger partial charge in [0.2, 0.25) is 11.8 Å². The summed E-state index contributed by atoms with van der Waals surface area (Å²) in [6.45, 7) is 8.15. The van der Waals surface area contributed by atoms with Crippen molar-refractivity contribution in [1.29, 1.82) is 0 Å². The number of nitrogens with one attached hydrogen (secondary N) is 2. The number of halogens is 2. The molecule has 0 saturated heterocycles. The molecule has 9 heteroatoms. The van der Waals surface area contributed by atoms with Crippen LogP contribution in [-0.2, 0) is 19.7 Å². The van der Waals surface area contributed by atoms with Crippen LogP contribution in [0.2, 0.25) is 5.02 Å². The first kappa shape index (κ1) is 28.7. The lowest BCUT2D eigenvalue weighted by Gasteiger charge is -2.38. The third-order valence-corrected chi connectivity index (χ3v) is 8.49. The molecule has 2 aliphatic rings. The number of nitrogens with zero attached hydrogens (tertiary/aromatic N) is 1. The van der Waals surface area contributed by atoms with Crippen molar-refractivity contribution in [2.24, 2.45) is 17.3 Å². The van der Waals surface area contributed by atoms with Gasteiger partial charge >= 0.3 is 5.97 Å². The molecule has 2 aromatic carbocycles. The van der Waals surface area contributed by atoms with Gasteiger partial charge in [-0.15, -0.1) is 0 Å². The lowest BCUT2D eigenvalue weighted by Crippen LogP contribution is -2.45. The van der Waals surface area contributed by atoms with Crippen LogP contribution in [0.1, 0.15) is 66.7 Å². The highest BCUT2D eigenvalue weighted by atomic mass is 35.5. The van der Waals surface area contributed by atoms with Crippen molar-refractivity contribution >= 4 is 40.8 Å². The summed E-state index contributed by atoms with van der Waals surface area (Å²) < 4.78 is 20.6. The van der Waals surface area contributed by atoms with E-state index < -0.39 is 29.0 Å². The summed E-state index contributed by atoms with van der Waals surface area (Å²) in [5.74, 6) is -3.76. The van der Waals surface area contributed by atoms with Crippen LogP contribution in [0.15, 0.2) is 54.7 Å². The van der Waals surface area contributed by atoms with Crippen LogP contribution in [0.25, 0.3) is 0 Å². The van der Waals surface area contributed by atoms with Crippen LogP contribution in [-0.4, -0.2) is 29.9 Å². The fourth-order valence-electron chi connectivity index (χ4n) is 6.70. The molecule has 1 aliphatic heterocycles. The second-order valence-electron chi connectivity index (χ2n) is 12.2. The second-order valence-corrected chi connectivity index (χ2v) is 12.6. The van der Waals surface area contributed by atoms with E-state index in [2.05, 4.69) is 31.4 Å². The van der Waals surface area contributed by atoms with Crippen molar-refractivity contribution in [3.8, 4) is 0 Å². The Hall–Kier alpha value is -3.78. The molecule has 1 aromatic heterocycles. The Morgan fingerprint density at radius 2 is 1.90 bits per heavy atom. The number of aromatic nitrogens is 1. The first-order valence-corrected chi connectivity index (χ1v) is 14.0. The van der Waals surface area contributed by atoms with Crippen LogP contribution >= 0.6 is 11.6 Å². The summed E-state index contributed by atoms with van der Waals surface area (Å²) in [4.78, 5) is 44.9. The number of aryl methyl sites for hydroxylation is 1. The summed E-state index contributed by atoms with van der Waals surface area (Å²) in [6.07, 6.45) is 2.64. The van der Waals surface area contributed by atoms with E-state index in [-0.39, 0.29) is 33.7 Å². The highest BCUT2D eigenvalue weighted by Crippen LogP contribution is 2.63. The van der Waals surface area contributed by atoms with Crippen LogP contribution < -0.4 is 10.6 Å². The van der Waals surface area contributed by atoms with Gasteiger partial charge in [-0.05, 0) is 78.6 Å². The van der Waals surface area contributed by atoms with E-state index in [1.165, 1.54) is 13.2 Å². The summed E-state index contributed by atoms with van der Waals surface area (Å²) in [5, 5.41) is 5.88. The number of benzene rings is 2. The molecule has 2 amide bonds. The van der Waals surface area contributed by atoms with E-state index in [1.54, 1.807) is 42.6 Å². The van der Waals surface area contributed by atoms with Gasteiger partial charge in [-0.3, -0.25) is 14.6 Å². The third-order valence-electron chi connectivity index (χ3n) is 8.20. The highest BCUT2D eigenvalue weighted by Gasteiger charge is 2.67. The molecule has 7 nitrogen and oxygen atoms in total. The number of fused-ring (bicyclic) bond motifs is 2. The van der Waals surface area contributed by atoms with Gasteiger partial charge in [-0.2, -0.15) is 0 Å². The van der Waals surface area contributed by atoms with Crippen molar-refractivity contribution in [3.05, 3.63) is 88.0 Å². The zero-order valence-electron chi connectivity index (χ0n) is 23.7. The molecular weight excluding hydrogens is 545 g/mol. The fraction of sp³-hybridized carbons (Fsp3) is 0.375. The van der Waals surface area contributed by atoms with Crippen LogP contribution in [0.5, 0.6) is 0 Å². The Balaban J connectivity index is 1.66. The monoisotopic (exact) mass is 577 g/mol. The largest absolute Gasteiger partial charge is 0.465 e. The maximum atomic E-state index is 15.9. The highest BCUT2D eigenvalue weighted by molar-refractivity contribution is 6.30. The molecule has 3 aromatic rings. The number of amides is 2. The normalized spacial score (nSPS) is 23.3. The van der Waals surface area contributed by atoms with Gasteiger partial charge < -0.3 is 15.4 Å². The van der Waals surface area contributed by atoms with Gasteiger partial charge in [0.1, 0.15) is 11.2 Å². The number of pyridine rings is 1. The lowest BCUT2D eigenvalue weighted by molar-refractivity contribution is -0.123. The van der Waals surface area contributed by atoms with Gasteiger partial charge in [-0.25, -0.2) is 9.18 Å². The van der Waals surface area contributed by atoms with E-state index in [4.69, 9.17) is 21.3 Å². The van der Waals surface area contributed by atoms with E-state index in [0.717, 1.165) is 5.56 Å². The second kappa shape index (κ2) is 10.6. The van der Waals surface area contributed by atoms with Crippen LogP contribution in [0.4, 0.5) is 15.8 Å². The molecule has 2 N–H and O–H groups in total. The maximum absolute atomic E-state index is 15.9. The number of carbonyl (C=O) groups excluding carboxylic acids is 3. The predicted octanol–water partition coefficient (Wildman–Crippen LogP) is 6.65. The quantitative estimate of drug-likeness (QED) is 0.331. The zero-order chi connectivity index (χ0) is 29.7. The number of hydrogen-bond acceptors (Lipinski definition) is 5. The summed E-state index contributed by atoms with van der Waals surface area (Å²) >= 11 is 6.27. The topological polar surface area (TPSA) is 97.4 Å². The minimum absolute atomic E-state index is 0.0787. The standard InChI is InChI=1S/C32H33ClFN3O4/c1-17-13-24-27(35-16-17)32(30(40)37-24)19(15-31(2,3)4)14-22(25(32)21-7-6-8-23(33)26(21)34)28(38)36-20-11-9-18(10-12-20)29(39)41-5/h6-13,16,19,22,25H,14-15H2,1-5H3,(H,36,38)(H,37,40)/t19-,22+,25-,32+/m0/s1. The molecule has 2 heterocycles. The van der Waals surface area contributed by atoms with E-state index in [9.17, 15) is 14.4 Å². The third kappa shape index (κ3) is 4.99. The van der Waals surface area contributed by atoms with Crippen molar-refractivity contribution in [2.45, 2.75) is 51.9 Å². The number of methoxy groups -OCH3 is 1. The summed E-state index contributed by atoms with van der Waals surface area (Å²) in [6, 6.07) is 12.9. The number of carbonyl (C=O) groups is 3. The number of anilines is 2. The predicted molar refractivity (Wildman–Crippen MR) is 156 cm³/mol. The average molecular weight is 578 g/mol. The Kier molecular flexibility index (Phi) is 7.40. The molecule has 4 atom stereocenters. The molecular formula is C32H33ClFN3O4. The van der Waals surface area contributed by atoms with Crippen molar-refractivity contribution in [1.82, 2.24) is 4.98 Å². The smallest absolute Gasteiger partial charge is 0.337 e. The minimum Gasteiger partial charge on any atom is -0.465 e. The molecule has 1 spiro atoms. The van der Waals surface area contributed by atoms with Gasteiger partial charge in [0.15, 0.2) is 0 Å². The Bertz CT molecular complexity index is 1530. The summed E-state index contributed by atoms with van der Waals surface area (Å²) in [5.41, 5.74) is 1.52. The number of ether oxygens (including phenoxy) is 1.